The first-order chi connectivity index (χ1) is 9.18. The number of carbonyl (C=O) groups excluding carboxylic acids is 1. The Morgan fingerprint density at radius 1 is 1.53 bits per heavy atom. The first-order valence-electron chi connectivity index (χ1n) is 6.80. The van der Waals surface area contributed by atoms with Crippen molar-refractivity contribution in [2.45, 2.75) is 19.4 Å². The highest BCUT2D eigenvalue weighted by Gasteiger charge is 2.21. The highest BCUT2D eigenvalue weighted by Crippen LogP contribution is 2.13. The number of nitrogens with zero attached hydrogens (tertiary/aromatic N) is 3. The maximum Gasteiger partial charge on any atom is 0.228 e. The summed E-state index contributed by atoms with van der Waals surface area (Å²) in [5, 5.41) is 3.33. The second kappa shape index (κ2) is 6.63. The van der Waals surface area contributed by atoms with E-state index in [9.17, 15) is 4.79 Å². The van der Waals surface area contributed by atoms with Gasteiger partial charge in [0.05, 0.1) is 11.9 Å². The zero-order valence-electron chi connectivity index (χ0n) is 11.7. The molecule has 0 aliphatic carbocycles. The Morgan fingerprint density at radius 3 is 2.89 bits per heavy atom. The number of rotatable bonds is 4. The molecule has 1 saturated heterocycles. The molecule has 1 atom stereocenters. The van der Waals surface area contributed by atoms with Gasteiger partial charge in [0.1, 0.15) is 0 Å². The molecule has 1 aromatic heterocycles. The molecule has 1 aromatic rings. The lowest BCUT2D eigenvalue weighted by molar-refractivity contribution is -0.119. The Hall–Kier alpha value is -1.46. The minimum absolute atomic E-state index is 0.138. The van der Waals surface area contributed by atoms with Crippen molar-refractivity contribution in [3.8, 4) is 0 Å². The second-order valence-electron chi connectivity index (χ2n) is 5.00. The number of anilines is 1. The fourth-order valence-electron chi connectivity index (χ4n) is 2.34. The van der Waals surface area contributed by atoms with Crippen molar-refractivity contribution in [2.75, 3.05) is 38.1 Å². The summed E-state index contributed by atoms with van der Waals surface area (Å²) in [4.78, 5) is 20.3. The van der Waals surface area contributed by atoms with Gasteiger partial charge in [-0.1, -0.05) is 0 Å². The fraction of sp³-hybridized carbons (Fsp3) is 0.571. The molecular formula is C14H22N4O. The molecule has 1 unspecified atom stereocenters. The van der Waals surface area contributed by atoms with Crippen LogP contribution < -0.4 is 10.2 Å². The van der Waals surface area contributed by atoms with Gasteiger partial charge in [-0.3, -0.25) is 14.7 Å². The number of amides is 1. The molecule has 0 saturated carbocycles. The van der Waals surface area contributed by atoms with Crippen molar-refractivity contribution in [2.24, 2.45) is 0 Å². The monoisotopic (exact) mass is 262 g/mol. The number of piperazine rings is 1. The van der Waals surface area contributed by atoms with Crippen LogP contribution in [0.5, 0.6) is 0 Å². The summed E-state index contributed by atoms with van der Waals surface area (Å²) in [7, 11) is 1.81. The zero-order valence-corrected chi connectivity index (χ0v) is 11.7. The van der Waals surface area contributed by atoms with E-state index in [2.05, 4.69) is 22.1 Å². The van der Waals surface area contributed by atoms with Crippen LogP contribution in [-0.4, -0.2) is 55.1 Å². The molecule has 1 aliphatic rings. The Morgan fingerprint density at radius 2 is 2.26 bits per heavy atom. The molecule has 1 amide bonds. The van der Waals surface area contributed by atoms with Crippen LogP contribution in [0.15, 0.2) is 24.5 Å². The number of hydrogen-bond acceptors (Lipinski definition) is 4. The van der Waals surface area contributed by atoms with Gasteiger partial charge in [-0.2, -0.15) is 0 Å². The standard InChI is InChI=1S/C14H22N4O/c1-12(18-8-6-15-7-9-18)10-14(19)17(2)13-4-3-5-16-11-13/h3-5,11-12,15H,6-10H2,1-2H3. The number of hydrogen-bond donors (Lipinski definition) is 1. The van der Waals surface area contributed by atoms with Crippen molar-refractivity contribution in [1.29, 1.82) is 0 Å². The predicted molar refractivity (Wildman–Crippen MR) is 76.2 cm³/mol. The Kier molecular flexibility index (Phi) is 4.87. The van der Waals surface area contributed by atoms with Gasteiger partial charge in [0.15, 0.2) is 0 Å². The summed E-state index contributed by atoms with van der Waals surface area (Å²) < 4.78 is 0. The van der Waals surface area contributed by atoms with E-state index in [4.69, 9.17) is 0 Å². The number of pyridine rings is 1. The normalized spacial score (nSPS) is 18.0. The molecule has 0 spiro atoms. The Labute approximate surface area is 114 Å². The molecular weight excluding hydrogens is 240 g/mol. The van der Waals surface area contributed by atoms with Crippen LogP contribution in [0.25, 0.3) is 0 Å². The average molecular weight is 262 g/mol. The molecule has 0 aromatic carbocycles. The summed E-state index contributed by atoms with van der Waals surface area (Å²) in [6.07, 6.45) is 3.98. The van der Waals surface area contributed by atoms with Crippen molar-refractivity contribution in [1.82, 2.24) is 15.2 Å². The van der Waals surface area contributed by atoms with Gasteiger partial charge in [-0.05, 0) is 19.1 Å². The van der Waals surface area contributed by atoms with Crippen molar-refractivity contribution < 1.29 is 4.79 Å². The van der Waals surface area contributed by atoms with E-state index in [0.29, 0.717) is 6.42 Å². The summed E-state index contributed by atoms with van der Waals surface area (Å²) in [6, 6.07) is 4.04. The van der Waals surface area contributed by atoms with E-state index < -0.39 is 0 Å². The van der Waals surface area contributed by atoms with Crippen LogP contribution in [0.4, 0.5) is 5.69 Å². The minimum atomic E-state index is 0.138. The first kappa shape index (κ1) is 14.0. The first-order valence-corrected chi connectivity index (χ1v) is 6.80. The summed E-state index contributed by atoms with van der Waals surface area (Å²) in [6.45, 7) is 6.18. The van der Waals surface area contributed by atoms with Crippen LogP contribution in [0.3, 0.4) is 0 Å². The van der Waals surface area contributed by atoms with E-state index in [0.717, 1.165) is 31.9 Å². The average Bonchev–Trinajstić information content (AvgIpc) is 2.48. The number of aromatic nitrogens is 1. The third-order valence-electron chi connectivity index (χ3n) is 3.65. The lowest BCUT2D eigenvalue weighted by Crippen LogP contribution is -2.48. The van der Waals surface area contributed by atoms with E-state index in [1.54, 1.807) is 17.3 Å². The van der Waals surface area contributed by atoms with Gasteiger partial charge in [-0.15, -0.1) is 0 Å². The Bertz CT molecular complexity index is 403. The van der Waals surface area contributed by atoms with Crippen LogP contribution >= 0.6 is 0 Å². The van der Waals surface area contributed by atoms with Gasteiger partial charge < -0.3 is 10.2 Å². The molecule has 2 heterocycles. The SMILES string of the molecule is CC(CC(=O)N(C)c1cccnc1)N1CCNCC1. The molecule has 2 rings (SSSR count). The summed E-state index contributed by atoms with van der Waals surface area (Å²) in [5.41, 5.74) is 0.847. The van der Waals surface area contributed by atoms with E-state index in [-0.39, 0.29) is 11.9 Å². The molecule has 1 N–H and O–H groups in total. The largest absolute Gasteiger partial charge is 0.314 e. The lowest BCUT2D eigenvalue weighted by atomic mass is 10.1. The third-order valence-corrected chi connectivity index (χ3v) is 3.65. The van der Waals surface area contributed by atoms with E-state index >= 15 is 0 Å². The summed E-state index contributed by atoms with van der Waals surface area (Å²) in [5.74, 6) is 0.138. The highest BCUT2D eigenvalue weighted by atomic mass is 16.2. The molecule has 19 heavy (non-hydrogen) atoms. The topological polar surface area (TPSA) is 48.5 Å². The zero-order chi connectivity index (χ0) is 13.7. The third kappa shape index (κ3) is 3.75. The van der Waals surface area contributed by atoms with Crippen LogP contribution in [0.2, 0.25) is 0 Å². The number of carbonyl (C=O) groups is 1. The van der Waals surface area contributed by atoms with Crippen LogP contribution in [-0.2, 0) is 4.79 Å². The smallest absolute Gasteiger partial charge is 0.228 e. The van der Waals surface area contributed by atoms with Gasteiger partial charge in [0, 0.05) is 51.9 Å². The molecule has 1 aliphatic heterocycles. The molecule has 104 valence electrons. The maximum absolute atomic E-state index is 12.3. The fourth-order valence-corrected chi connectivity index (χ4v) is 2.34. The predicted octanol–water partition coefficient (Wildman–Crippen LogP) is 0.728. The van der Waals surface area contributed by atoms with Crippen LogP contribution in [0, 0.1) is 0 Å². The molecule has 5 heteroatoms. The molecule has 1 fully saturated rings. The van der Waals surface area contributed by atoms with Crippen LogP contribution in [0.1, 0.15) is 13.3 Å². The number of nitrogens with one attached hydrogen (secondary N) is 1. The van der Waals surface area contributed by atoms with Gasteiger partial charge in [-0.25, -0.2) is 0 Å². The van der Waals surface area contributed by atoms with Crippen molar-refractivity contribution in [3.05, 3.63) is 24.5 Å². The highest BCUT2D eigenvalue weighted by molar-refractivity contribution is 5.92. The molecule has 0 radical (unpaired) electrons. The van der Waals surface area contributed by atoms with Crippen molar-refractivity contribution >= 4 is 11.6 Å². The van der Waals surface area contributed by atoms with Gasteiger partial charge >= 0.3 is 0 Å². The van der Waals surface area contributed by atoms with E-state index in [1.165, 1.54) is 0 Å². The van der Waals surface area contributed by atoms with Gasteiger partial charge in [0.25, 0.3) is 0 Å². The second-order valence-corrected chi connectivity index (χ2v) is 5.00. The minimum Gasteiger partial charge on any atom is -0.314 e. The van der Waals surface area contributed by atoms with E-state index in [1.807, 2.05) is 19.2 Å². The molecule has 5 nitrogen and oxygen atoms in total. The van der Waals surface area contributed by atoms with Crippen molar-refractivity contribution in [3.63, 3.8) is 0 Å². The lowest BCUT2D eigenvalue weighted by Gasteiger charge is -2.33. The Balaban J connectivity index is 1.89. The van der Waals surface area contributed by atoms with Gasteiger partial charge in [0.2, 0.25) is 5.91 Å². The summed E-state index contributed by atoms with van der Waals surface area (Å²) >= 11 is 0. The molecule has 0 bridgehead atoms. The quantitative estimate of drug-likeness (QED) is 0.869. The maximum atomic E-state index is 12.3.